The smallest absolute Gasteiger partial charge is 0.307 e. The van der Waals surface area contributed by atoms with Crippen LogP contribution in [0.15, 0.2) is 54.6 Å². The lowest BCUT2D eigenvalue weighted by Crippen LogP contribution is -2.41. The second kappa shape index (κ2) is 8.69. The van der Waals surface area contributed by atoms with Crippen LogP contribution < -0.4 is 10.2 Å². The van der Waals surface area contributed by atoms with Gasteiger partial charge in [-0.15, -0.1) is 0 Å². The van der Waals surface area contributed by atoms with Gasteiger partial charge in [0.2, 0.25) is 11.8 Å². The molecule has 6 heteroatoms. The van der Waals surface area contributed by atoms with E-state index in [0.717, 1.165) is 11.3 Å². The van der Waals surface area contributed by atoms with Gasteiger partial charge in [-0.05, 0) is 49.6 Å². The summed E-state index contributed by atoms with van der Waals surface area (Å²) >= 11 is 0. The van der Waals surface area contributed by atoms with Crippen LogP contribution in [0.3, 0.4) is 0 Å². The lowest BCUT2D eigenvalue weighted by Gasteiger charge is -2.31. The number of amides is 2. The monoisotopic (exact) mass is 380 g/mol. The Bertz CT molecular complexity index is 849. The second-order valence-electron chi connectivity index (χ2n) is 6.97. The summed E-state index contributed by atoms with van der Waals surface area (Å²) in [4.78, 5) is 37.7. The Morgan fingerprint density at radius 3 is 2.18 bits per heavy atom. The van der Waals surface area contributed by atoms with Gasteiger partial charge in [0, 0.05) is 17.9 Å². The number of hydrogen-bond donors (Lipinski definition) is 2. The van der Waals surface area contributed by atoms with Gasteiger partial charge in [0.1, 0.15) is 0 Å². The first-order valence-electron chi connectivity index (χ1n) is 9.47. The van der Waals surface area contributed by atoms with Gasteiger partial charge in [-0.1, -0.05) is 30.3 Å². The van der Waals surface area contributed by atoms with Gasteiger partial charge < -0.3 is 15.3 Å². The number of carbonyl (C=O) groups excluding carboxylic acids is 2. The van der Waals surface area contributed by atoms with Crippen LogP contribution in [-0.2, 0) is 20.8 Å². The topological polar surface area (TPSA) is 86.7 Å². The van der Waals surface area contributed by atoms with Crippen LogP contribution in [0.2, 0.25) is 0 Å². The molecule has 0 aliphatic heterocycles. The van der Waals surface area contributed by atoms with Crippen LogP contribution in [0.25, 0.3) is 0 Å². The molecule has 1 aliphatic carbocycles. The molecule has 28 heavy (non-hydrogen) atoms. The molecule has 1 saturated carbocycles. The number of hydrogen-bond acceptors (Lipinski definition) is 3. The summed E-state index contributed by atoms with van der Waals surface area (Å²) in [5.74, 6) is -2.23. The molecule has 0 heterocycles. The first kappa shape index (κ1) is 19.6. The average molecular weight is 380 g/mol. The van der Waals surface area contributed by atoms with Crippen molar-refractivity contribution in [2.45, 2.75) is 26.2 Å². The minimum absolute atomic E-state index is 0.00394. The zero-order valence-corrected chi connectivity index (χ0v) is 15.8. The maximum Gasteiger partial charge on any atom is 0.307 e. The van der Waals surface area contributed by atoms with E-state index in [0.29, 0.717) is 25.1 Å². The number of aliphatic carboxylic acids is 1. The molecule has 1 aliphatic rings. The molecule has 0 radical (unpaired) electrons. The number of nitrogens with one attached hydrogen (secondary N) is 1. The molecule has 0 aromatic heterocycles. The van der Waals surface area contributed by atoms with Crippen molar-refractivity contribution in [2.75, 3.05) is 16.8 Å². The molecule has 0 saturated heterocycles. The Hall–Kier alpha value is -3.15. The van der Waals surface area contributed by atoms with Crippen molar-refractivity contribution >= 4 is 29.2 Å². The summed E-state index contributed by atoms with van der Waals surface area (Å²) in [6.07, 6.45) is 1.41. The SMILES string of the molecule is CCN(C(=O)Cc1ccc(NC(=O)C2CCC2C(=O)O)cc1)c1ccccc1. The molecule has 3 rings (SSSR count). The number of carbonyl (C=O) groups is 3. The molecule has 0 bridgehead atoms. The van der Waals surface area contributed by atoms with Crippen LogP contribution in [-0.4, -0.2) is 29.4 Å². The molecule has 0 spiro atoms. The van der Waals surface area contributed by atoms with E-state index in [4.69, 9.17) is 5.11 Å². The quantitative estimate of drug-likeness (QED) is 0.771. The first-order valence-corrected chi connectivity index (χ1v) is 9.47. The summed E-state index contributed by atoms with van der Waals surface area (Å²) in [6, 6.07) is 16.6. The van der Waals surface area contributed by atoms with E-state index < -0.39 is 17.8 Å². The summed E-state index contributed by atoms with van der Waals surface area (Å²) in [5, 5.41) is 11.8. The van der Waals surface area contributed by atoms with E-state index in [1.54, 1.807) is 17.0 Å². The zero-order valence-electron chi connectivity index (χ0n) is 15.8. The largest absolute Gasteiger partial charge is 0.481 e. The van der Waals surface area contributed by atoms with Gasteiger partial charge >= 0.3 is 5.97 Å². The van der Waals surface area contributed by atoms with Crippen molar-refractivity contribution in [3.63, 3.8) is 0 Å². The zero-order chi connectivity index (χ0) is 20.1. The van der Waals surface area contributed by atoms with Crippen molar-refractivity contribution in [2.24, 2.45) is 11.8 Å². The van der Waals surface area contributed by atoms with Gasteiger partial charge in [-0.2, -0.15) is 0 Å². The number of rotatable bonds is 7. The highest BCUT2D eigenvalue weighted by molar-refractivity contribution is 5.96. The third-order valence-electron chi connectivity index (χ3n) is 5.19. The van der Waals surface area contributed by atoms with Crippen LogP contribution >= 0.6 is 0 Å². The molecule has 2 aromatic rings. The standard InChI is InChI=1S/C22H24N2O4/c1-2-24(17-6-4-3-5-7-17)20(25)14-15-8-10-16(11-9-15)23-21(26)18-12-13-19(18)22(27)28/h3-11,18-19H,2,12-14H2,1H3,(H,23,26)(H,27,28). The first-order chi connectivity index (χ1) is 13.5. The molecule has 2 aromatic carbocycles. The Balaban J connectivity index is 1.59. The van der Waals surface area contributed by atoms with E-state index in [9.17, 15) is 14.4 Å². The van der Waals surface area contributed by atoms with Crippen molar-refractivity contribution in [3.8, 4) is 0 Å². The minimum Gasteiger partial charge on any atom is -0.481 e. The highest BCUT2D eigenvalue weighted by Gasteiger charge is 2.41. The van der Waals surface area contributed by atoms with E-state index in [2.05, 4.69) is 5.32 Å². The maximum atomic E-state index is 12.6. The molecule has 6 nitrogen and oxygen atoms in total. The fourth-order valence-electron chi connectivity index (χ4n) is 3.43. The molecule has 2 amide bonds. The Morgan fingerprint density at radius 2 is 1.64 bits per heavy atom. The van der Waals surface area contributed by atoms with Crippen LogP contribution in [0.4, 0.5) is 11.4 Å². The summed E-state index contributed by atoms with van der Waals surface area (Å²) < 4.78 is 0. The molecule has 2 N–H and O–H groups in total. The third kappa shape index (κ3) is 4.39. The Labute approximate surface area is 164 Å². The average Bonchev–Trinajstić information content (AvgIpc) is 2.63. The van der Waals surface area contributed by atoms with Gasteiger partial charge in [-0.3, -0.25) is 14.4 Å². The van der Waals surface area contributed by atoms with Crippen LogP contribution in [0.1, 0.15) is 25.3 Å². The van der Waals surface area contributed by atoms with Gasteiger partial charge in [0.15, 0.2) is 0 Å². The summed E-state index contributed by atoms with van der Waals surface area (Å²) in [6.45, 7) is 2.53. The van der Waals surface area contributed by atoms with E-state index in [1.807, 2.05) is 49.4 Å². The Morgan fingerprint density at radius 1 is 1.00 bits per heavy atom. The highest BCUT2D eigenvalue weighted by Crippen LogP contribution is 2.35. The lowest BCUT2D eigenvalue weighted by atomic mass is 9.73. The van der Waals surface area contributed by atoms with Gasteiger partial charge in [0.25, 0.3) is 0 Å². The summed E-state index contributed by atoms with van der Waals surface area (Å²) in [5.41, 5.74) is 2.32. The molecular weight excluding hydrogens is 356 g/mol. The second-order valence-corrected chi connectivity index (χ2v) is 6.97. The van der Waals surface area contributed by atoms with Crippen molar-refractivity contribution in [1.29, 1.82) is 0 Å². The normalized spacial score (nSPS) is 18.0. The number of benzene rings is 2. The number of nitrogens with zero attached hydrogens (tertiary/aromatic N) is 1. The molecule has 2 unspecified atom stereocenters. The third-order valence-corrected chi connectivity index (χ3v) is 5.19. The number of carboxylic acid groups (broad SMARTS) is 1. The van der Waals surface area contributed by atoms with Crippen molar-refractivity contribution in [1.82, 2.24) is 0 Å². The van der Waals surface area contributed by atoms with E-state index in [1.165, 1.54) is 0 Å². The number of carboxylic acids is 1. The van der Waals surface area contributed by atoms with Crippen molar-refractivity contribution < 1.29 is 19.5 Å². The number of anilines is 2. The fraction of sp³-hybridized carbons (Fsp3) is 0.318. The summed E-state index contributed by atoms with van der Waals surface area (Å²) in [7, 11) is 0. The molecule has 1 fully saturated rings. The van der Waals surface area contributed by atoms with E-state index in [-0.39, 0.29) is 18.2 Å². The number of para-hydroxylation sites is 1. The minimum atomic E-state index is -0.917. The maximum absolute atomic E-state index is 12.6. The van der Waals surface area contributed by atoms with Crippen LogP contribution in [0, 0.1) is 11.8 Å². The lowest BCUT2D eigenvalue weighted by molar-refractivity contribution is -0.151. The van der Waals surface area contributed by atoms with Gasteiger partial charge in [0.05, 0.1) is 18.3 Å². The molecule has 146 valence electrons. The number of likely N-dealkylation sites (N-methyl/N-ethyl adjacent to an activating group) is 1. The molecule has 2 atom stereocenters. The predicted molar refractivity (Wildman–Crippen MR) is 107 cm³/mol. The Kier molecular flexibility index (Phi) is 6.09. The highest BCUT2D eigenvalue weighted by atomic mass is 16.4. The van der Waals surface area contributed by atoms with Crippen LogP contribution in [0.5, 0.6) is 0 Å². The predicted octanol–water partition coefficient (Wildman–Crippen LogP) is 3.33. The molecular formula is C22H24N2O4. The fourth-order valence-corrected chi connectivity index (χ4v) is 3.43. The van der Waals surface area contributed by atoms with E-state index >= 15 is 0 Å². The van der Waals surface area contributed by atoms with Crippen molar-refractivity contribution in [3.05, 3.63) is 60.2 Å². The van der Waals surface area contributed by atoms with Gasteiger partial charge in [-0.25, -0.2) is 0 Å².